The average Bonchev–Trinajstić information content (AvgIpc) is 2.48. The van der Waals surface area contributed by atoms with Crippen LogP contribution in [-0.4, -0.2) is 23.6 Å². The molecule has 1 heterocycles. The first-order valence-electron chi connectivity index (χ1n) is 6.63. The summed E-state index contributed by atoms with van der Waals surface area (Å²) in [7, 11) is 3.93. The Morgan fingerprint density at radius 2 is 1.71 bits per heavy atom. The van der Waals surface area contributed by atoms with Gasteiger partial charge in [0.15, 0.2) is 0 Å². The van der Waals surface area contributed by atoms with Crippen LogP contribution >= 0.6 is 0 Å². The zero-order valence-electron chi connectivity index (χ0n) is 11.9. The van der Waals surface area contributed by atoms with E-state index in [1.165, 1.54) is 4.57 Å². The standard InChI is InChI=1S/C16H16N4O/c1-19(2)11-7-9-12(10-8-11)20-15(17)13-5-3-4-6-14(13)18-16(20)21/h3-10H,17H2,1-2H3. The summed E-state index contributed by atoms with van der Waals surface area (Å²) in [5, 5.41) is 0.772. The summed E-state index contributed by atoms with van der Waals surface area (Å²) in [6, 6.07) is 15.0. The smallest absolute Gasteiger partial charge is 0.354 e. The molecule has 1 aromatic heterocycles. The third kappa shape index (κ3) is 2.23. The Balaban J connectivity index is 2.22. The molecular weight excluding hydrogens is 264 g/mol. The Morgan fingerprint density at radius 1 is 1.05 bits per heavy atom. The SMILES string of the molecule is CN(C)c1ccc(-n2c(N)c3ccccc3nc2=O)cc1. The molecule has 0 aliphatic heterocycles. The van der Waals surface area contributed by atoms with Gasteiger partial charge >= 0.3 is 5.69 Å². The van der Waals surface area contributed by atoms with Crippen LogP contribution < -0.4 is 16.3 Å². The van der Waals surface area contributed by atoms with Crippen molar-refractivity contribution in [3.63, 3.8) is 0 Å². The quantitative estimate of drug-likeness (QED) is 0.780. The molecule has 0 saturated heterocycles. The van der Waals surface area contributed by atoms with Crippen LogP contribution in [0.25, 0.3) is 16.6 Å². The van der Waals surface area contributed by atoms with E-state index in [4.69, 9.17) is 5.73 Å². The molecule has 0 fully saturated rings. The fraction of sp³-hybridized carbons (Fsp3) is 0.125. The van der Waals surface area contributed by atoms with Crippen LogP contribution in [0.4, 0.5) is 11.5 Å². The number of benzene rings is 2. The van der Waals surface area contributed by atoms with Crippen molar-refractivity contribution in [1.82, 2.24) is 9.55 Å². The molecule has 0 unspecified atom stereocenters. The van der Waals surface area contributed by atoms with E-state index in [9.17, 15) is 4.79 Å². The van der Waals surface area contributed by atoms with Gasteiger partial charge in [0.1, 0.15) is 5.82 Å². The number of anilines is 2. The van der Waals surface area contributed by atoms with Gasteiger partial charge in [0, 0.05) is 25.2 Å². The van der Waals surface area contributed by atoms with Crippen molar-refractivity contribution in [3.05, 3.63) is 59.0 Å². The van der Waals surface area contributed by atoms with Crippen molar-refractivity contribution in [3.8, 4) is 5.69 Å². The van der Waals surface area contributed by atoms with E-state index in [0.717, 1.165) is 11.1 Å². The minimum Gasteiger partial charge on any atom is -0.384 e. The van der Waals surface area contributed by atoms with Crippen LogP contribution in [0.2, 0.25) is 0 Å². The molecule has 0 spiro atoms. The lowest BCUT2D eigenvalue weighted by Crippen LogP contribution is -2.24. The predicted molar refractivity (Wildman–Crippen MR) is 86.1 cm³/mol. The summed E-state index contributed by atoms with van der Waals surface area (Å²) in [5.41, 5.74) is 8.17. The molecule has 2 N–H and O–H groups in total. The summed E-state index contributed by atoms with van der Waals surface area (Å²) >= 11 is 0. The number of nitrogen functional groups attached to an aromatic ring is 1. The van der Waals surface area contributed by atoms with Gasteiger partial charge in [-0.15, -0.1) is 0 Å². The van der Waals surface area contributed by atoms with Crippen molar-refractivity contribution in [1.29, 1.82) is 0 Å². The topological polar surface area (TPSA) is 64.2 Å². The largest absolute Gasteiger partial charge is 0.384 e. The Bertz CT molecular complexity index is 850. The lowest BCUT2D eigenvalue weighted by Gasteiger charge is -2.15. The Hall–Kier alpha value is -2.82. The van der Waals surface area contributed by atoms with Crippen molar-refractivity contribution < 1.29 is 0 Å². The molecule has 5 heteroatoms. The van der Waals surface area contributed by atoms with E-state index in [1.54, 1.807) is 6.07 Å². The molecule has 0 radical (unpaired) electrons. The van der Waals surface area contributed by atoms with Crippen LogP contribution in [0.15, 0.2) is 53.3 Å². The maximum atomic E-state index is 12.2. The fourth-order valence-electron chi connectivity index (χ4n) is 2.31. The average molecular weight is 280 g/mol. The molecule has 0 aliphatic rings. The highest BCUT2D eigenvalue weighted by Crippen LogP contribution is 2.21. The summed E-state index contributed by atoms with van der Waals surface area (Å²) in [4.78, 5) is 18.3. The lowest BCUT2D eigenvalue weighted by atomic mass is 10.2. The van der Waals surface area contributed by atoms with Crippen molar-refractivity contribution in [2.75, 3.05) is 24.7 Å². The molecule has 3 aromatic rings. The number of hydrogen-bond donors (Lipinski definition) is 1. The van der Waals surface area contributed by atoms with Crippen LogP contribution in [-0.2, 0) is 0 Å². The van der Waals surface area contributed by atoms with Gasteiger partial charge in [-0.3, -0.25) is 0 Å². The second-order valence-corrected chi connectivity index (χ2v) is 5.04. The number of fused-ring (bicyclic) bond motifs is 1. The third-order valence-corrected chi connectivity index (χ3v) is 3.45. The summed E-state index contributed by atoms with van der Waals surface area (Å²) in [6.45, 7) is 0. The highest BCUT2D eigenvalue weighted by Gasteiger charge is 2.10. The lowest BCUT2D eigenvalue weighted by molar-refractivity contribution is 0.949. The second kappa shape index (κ2) is 4.94. The maximum Gasteiger partial charge on any atom is 0.354 e. The van der Waals surface area contributed by atoms with Gasteiger partial charge < -0.3 is 10.6 Å². The maximum absolute atomic E-state index is 12.2. The van der Waals surface area contributed by atoms with Crippen molar-refractivity contribution in [2.45, 2.75) is 0 Å². The van der Waals surface area contributed by atoms with Gasteiger partial charge in [0.05, 0.1) is 11.2 Å². The molecule has 21 heavy (non-hydrogen) atoms. The molecule has 2 aromatic carbocycles. The molecule has 0 bridgehead atoms. The molecule has 106 valence electrons. The van der Waals surface area contributed by atoms with E-state index in [0.29, 0.717) is 17.0 Å². The van der Waals surface area contributed by atoms with E-state index < -0.39 is 0 Å². The molecule has 0 amide bonds. The number of rotatable bonds is 2. The van der Waals surface area contributed by atoms with Gasteiger partial charge in [-0.1, -0.05) is 12.1 Å². The molecule has 5 nitrogen and oxygen atoms in total. The van der Waals surface area contributed by atoms with Crippen LogP contribution in [0.1, 0.15) is 0 Å². The Kier molecular flexibility index (Phi) is 3.10. The van der Waals surface area contributed by atoms with E-state index in [-0.39, 0.29) is 5.69 Å². The second-order valence-electron chi connectivity index (χ2n) is 5.04. The van der Waals surface area contributed by atoms with Gasteiger partial charge in [-0.2, -0.15) is 4.98 Å². The number of hydrogen-bond acceptors (Lipinski definition) is 4. The van der Waals surface area contributed by atoms with Crippen LogP contribution in [0.5, 0.6) is 0 Å². The predicted octanol–water partition coefficient (Wildman–Crippen LogP) is 2.03. The molecule has 0 saturated carbocycles. The molecular formula is C16H16N4O. The van der Waals surface area contributed by atoms with Crippen molar-refractivity contribution in [2.24, 2.45) is 0 Å². The summed E-state index contributed by atoms with van der Waals surface area (Å²) in [6.07, 6.45) is 0. The van der Waals surface area contributed by atoms with Gasteiger partial charge in [0.25, 0.3) is 0 Å². The van der Waals surface area contributed by atoms with E-state index in [2.05, 4.69) is 4.98 Å². The molecule has 3 rings (SSSR count). The number of nitrogens with two attached hydrogens (primary N) is 1. The first-order valence-corrected chi connectivity index (χ1v) is 6.63. The van der Waals surface area contributed by atoms with E-state index in [1.807, 2.05) is 61.5 Å². The van der Waals surface area contributed by atoms with E-state index >= 15 is 0 Å². The number of nitrogens with zero attached hydrogens (tertiary/aromatic N) is 3. The first kappa shape index (κ1) is 13.2. The van der Waals surface area contributed by atoms with Crippen LogP contribution in [0.3, 0.4) is 0 Å². The number of aromatic nitrogens is 2. The third-order valence-electron chi connectivity index (χ3n) is 3.45. The monoisotopic (exact) mass is 280 g/mol. The fourth-order valence-corrected chi connectivity index (χ4v) is 2.31. The number of para-hydroxylation sites is 1. The normalized spacial score (nSPS) is 10.8. The van der Waals surface area contributed by atoms with Gasteiger partial charge in [-0.25, -0.2) is 9.36 Å². The zero-order valence-corrected chi connectivity index (χ0v) is 11.9. The summed E-state index contributed by atoms with van der Waals surface area (Å²) < 4.78 is 1.43. The zero-order chi connectivity index (χ0) is 15.0. The minimum atomic E-state index is -0.371. The van der Waals surface area contributed by atoms with Gasteiger partial charge in [-0.05, 0) is 36.4 Å². The minimum absolute atomic E-state index is 0.371. The summed E-state index contributed by atoms with van der Waals surface area (Å²) in [5.74, 6) is 0.406. The van der Waals surface area contributed by atoms with Crippen LogP contribution in [0, 0.1) is 0 Å². The van der Waals surface area contributed by atoms with Crippen molar-refractivity contribution >= 4 is 22.4 Å². The Labute approximate surface area is 122 Å². The molecule has 0 atom stereocenters. The highest BCUT2D eigenvalue weighted by atomic mass is 16.1. The highest BCUT2D eigenvalue weighted by molar-refractivity contribution is 5.88. The van der Waals surface area contributed by atoms with Gasteiger partial charge in [0.2, 0.25) is 0 Å². The first-order chi connectivity index (χ1) is 10.1. The molecule has 0 aliphatic carbocycles. The Morgan fingerprint density at radius 3 is 2.38 bits per heavy atom.